The molecule has 1 saturated heterocycles. The Morgan fingerprint density at radius 2 is 1.69 bits per heavy atom. The van der Waals surface area contributed by atoms with E-state index in [0.717, 1.165) is 0 Å². The average molecular weight is 457 g/mol. The molecule has 0 aromatic carbocycles. The first-order chi connectivity index (χ1) is 14.9. The Bertz CT molecular complexity index is 712. The number of carboxylic acid groups (broad SMARTS) is 2. The first kappa shape index (κ1) is 27.3. The van der Waals surface area contributed by atoms with Crippen LogP contribution in [0, 0.1) is 11.8 Å². The van der Waals surface area contributed by atoms with Crippen LogP contribution in [-0.2, 0) is 24.0 Å². The van der Waals surface area contributed by atoms with Crippen molar-refractivity contribution in [2.45, 2.75) is 84.0 Å². The van der Waals surface area contributed by atoms with E-state index < -0.39 is 53.8 Å². The predicted molar refractivity (Wildman–Crippen MR) is 115 cm³/mol. The molecule has 0 aromatic rings. The summed E-state index contributed by atoms with van der Waals surface area (Å²) >= 11 is 0. The van der Waals surface area contributed by atoms with Gasteiger partial charge < -0.3 is 31.5 Å². The summed E-state index contributed by atoms with van der Waals surface area (Å²) in [6.07, 6.45) is 1.19. The fourth-order valence-electron chi connectivity index (χ4n) is 3.60. The Morgan fingerprint density at radius 1 is 1.06 bits per heavy atom. The minimum atomic E-state index is -1.15. The zero-order valence-electron chi connectivity index (χ0n) is 19.2. The number of nitrogens with one attached hydrogen (secondary N) is 2. The van der Waals surface area contributed by atoms with Crippen LogP contribution in [0.1, 0.15) is 59.8 Å². The van der Waals surface area contributed by atoms with Gasteiger partial charge in [0.15, 0.2) is 0 Å². The molecule has 0 radical (unpaired) electrons. The van der Waals surface area contributed by atoms with E-state index in [9.17, 15) is 29.1 Å². The summed E-state index contributed by atoms with van der Waals surface area (Å²) in [7, 11) is 0. The largest absolute Gasteiger partial charge is 0.481 e. The fraction of sp³-hybridized carbons (Fsp3) is 0.762. The molecular weight excluding hydrogens is 420 g/mol. The third-order valence-corrected chi connectivity index (χ3v) is 5.85. The molecule has 11 heteroatoms. The van der Waals surface area contributed by atoms with Gasteiger partial charge in [-0.15, -0.1) is 0 Å². The van der Waals surface area contributed by atoms with Gasteiger partial charge in [-0.05, 0) is 31.1 Å². The molecule has 11 nitrogen and oxygen atoms in total. The van der Waals surface area contributed by atoms with Crippen molar-refractivity contribution < 1.29 is 34.2 Å². The summed E-state index contributed by atoms with van der Waals surface area (Å²) in [6, 6.07) is -3.91. The van der Waals surface area contributed by atoms with Gasteiger partial charge in [0.2, 0.25) is 17.7 Å². The van der Waals surface area contributed by atoms with Gasteiger partial charge in [-0.3, -0.25) is 19.2 Å². The Balaban J connectivity index is 2.96. The van der Waals surface area contributed by atoms with Crippen molar-refractivity contribution in [1.29, 1.82) is 0 Å². The van der Waals surface area contributed by atoms with E-state index in [-0.39, 0.29) is 24.7 Å². The molecule has 1 fully saturated rings. The number of amides is 3. The molecule has 182 valence electrons. The molecular formula is C21H36N4O7. The maximum Gasteiger partial charge on any atom is 0.326 e. The lowest BCUT2D eigenvalue weighted by atomic mass is 9.96. The highest BCUT2D eigenvalue weighted by Gasteiger charge is 2.40. The third kappa shape index (κ3) is 7.47. The number of nitrogens with two attached hydrogens (primary N) is 1. The summed E-state index contributed by atoms with van der Waals surface area (Å²) in [5, 5.41) is 23.3. The maximum absolute atomic E-state index is 13.3. The van der Waals surface area contributed by atoms with Crippen LogP contribution in [-0.4, -0.2) is 75.5 Å². The summed E-state index contributed by atoms with van der Waals surface area (Å²) in [5.74, 6) is -4.42. The maximum atomic E-state index is 13.3. The van der Waals surface area contributed by atoms with Crippen LogP contribution in [0.15, 0.2) is 0 Å². The minimum Gasteiger partial charge on any atom is -0.481 e. The molecule has 5 unspecified atom stereocenters. The molecule has 0 spiro atoms. The number of rotatable bonds is 12. The Morgan fingerprint density at radius 3 is 2.19 bits per heavy atom. The van der Waals surface area contributed by atoms with Crippen molar-refractivity contribution >= 4 is 29.7 Å². The highest BCUT2D eigenvalue weighted by Crippen LogP contribution is 2.22. The molecule has 5 atom stereocenters. The molecule has 32 heavy (non-hydrogen) atoms. The highest BCUT2D eigenvalue weighted by atomic mass is 16.4. The monoisotopic (exact) mass is 456 g/mol. The van der Waals surface area contributed by atoms with E-state index in [0.29, 0.717) is 25.8 Å². The quantitative estimate of drug-likeness (QED) is 0.270. The number of hydrogen-bond donors (Lipinski definition) is 5. The number of likely N-dealkylation sites (tertiary alicyclic amines) is 1. The van der Waals surface area contributed by atoms with Gasteiger partial charge in [0, 0.05) is 13.0 Å². The van der Waals surface area contributed by atoms with E-state index in [4.69, 9.17) is 10.8 Å². The van der Waals surface area contributed by atoms with Crippen molar-refractivity contribution in [3.8, 4) is 0 Å². The molecule has 1 heterocycles. The molecule has 0 aliphatic carbocycles. The van der Waals surface area contributed by atoms with Crippen molar-refractivity contribution in [1.82, 2.24) is 15.5 Å². The number of hydrogen-bond acceptors (Lipinski definition) is 6. The smallest absolute Gasteiger partial charge is 0.326 e. The third-order valence-electron chi connectivity index (χ3n) is 5.85. The van der Waals surface area contributed by atoms with Gasteiger partial charge in [-0.25, -0.2) is 4.79 Å². The number of carboxylic acids is 2. The first-order valence-corrected chi connectivity index (χ1v) is 11.0. The lowest BCUT2D eigenvalue weighted by Crippen LogP contribution is -2.58. The van der Waals surface area contributed by atoms with Crippen LogP contribution in [0.4, 0.5) is 0 Å². The fourth-order valence-corrected chi connectivity index (χ4v) is 3.60. The van der Waals surface area contributed by atoms with Crippen molar-refractivity contribution in [3.05, 3.63) is 0 Å². The standard InChI is InChI=1S/C21H36N4O7/c1-5-12(4)17(24-18(28)13(22)8-9-15(26)27)20(30)25-10-6-7-14(25)19(29)23-16(11(2)3)21(31)32/h11-14,16-17H,5-10,22H2,1-4H3,(H,23,29)(H,24,28)(H,26,27)(H,31,32). The van der Waals surface area contributed by atoms with E-state index in [2.05, 4.69) is 10.6 Å². The van der Waals surface area contributed by atoms with Crippen molar-refractivity contribution in [2.24, 2.45) is 17.6 Å². The second kappa shape index (κ2) is 12.4. The van der Waals surface area contributed by atoms with E-state index >= 15 is 0 Å². The molecule has 3 amide bonds. The van der Waals surface area contributed by atoms with Gasteiger partial charge in [0.25, 0.3) is 0 Å². The Hall–Kier alpha value is -2.69. The predicted octanol–water partition coefficient (Wildman–Crippen LogP) is -0.0742. The van der Waals surface area contributed by atoms with Gasteiger partial charge >= 0.3 is 11.9 Å². The summed E-state index contributed by atoms with van der Waals surface area (Å²) in [5.41, 5.74) is 5.78. The second-order valence-electron chi connectivity index (χ2n) is 8.67. The molecule has 1 aliphatic heterocycles. The van der Waals surface area contributed by atoms with E-state index in [1.54, 1.807) is 20.8 Å². The molecule has 1 rings (SSSR count). The van der Waals surface area contributed by atoms with Gasteiger partial charge in [-0.2, -0.15) is 0 Å². The lowest BCUT2D eigenvalue weighted by molar-refractivity contribution is -0.146. The first-order valence-electron chi connectivity index (χ1n) is 11.0. The summed E-state index contributed by atoms with van der Waals surface area (Å²) in [4.78, 5) is 62.1. The van der Waals surface area contributed by atoms with Crippen LogP contribution in [0.3, 0.4) is 0 Å². The molecule has 6 N–H and O–H groups in total. The van der Waals surface area contributed by atoms with Crippen LogP contribution < -0.4 is 16.4 Å². The SMILES string of the molecule is CCC(C)C(NC(=O)C(N)CCC(=O)O)C(=O)N1CCCC1C(=O)NC(C(=O)O)C(C)C. The van der Waals surface area contributed by atoms with Crippen LogP contribution in [0.5, 0.6) is 0 Å². The van der Waals surface area contributed by atoms with Crippen LogP contribution in [0.2, 0.25) is 0 Å². The van der Waals surface area contributed by atoms with Crippen LogP contribution in [0.25, 0.3) is 0 Å². The average Bonchev–Trinajstić information content (AvgIpc) is 3.22. The minimum absolute atomic E-state index is 0.0664. The molecule has 1 aliphatic rings. The normalized spacial score (nSPS) is 19.7. The number of aliphatic carboxylic acids is 2. The van der Waals surface area contributed by atoms with Crippen LogP contribution >= 0.6 is 0 Å². The Kier molecular flexibility index (Phi) is 10.6. The molecule has 0 aromatic heterocycles. The lowest BCUT2D eigenvalue weighted by Gasteiger charge is -2.32. The Labute approximate surface area is 188 Å². The van der Waals surface area contributed by atoms with Crippen molar-refractivity contribution in [3.63, 3.8) is 0 Å². The van der Waals surface area contributed by atoms with E-state index in [1.807, 2.05) is 6.92 Å². The zero-order valence-corrected chi connectivity index (χ0v) is 19.2. The summed E-state index contributed by atoms with van der Waals surface area (Å²) < 4.78 is 0. The van der Waals surface area contributed by atoms with Gasteiger partial charge in [0.05, 0.1) is 6.04 Å². The molecule has 0 saturated carbocycles. The van der Waals surface area contributed by atoms with Crippen molar-refractivity contribution in [2.75, 3.05) is 6.54 Å². The van der Waals surface area contributed by atoms with E-state index in [1.165, 1.54) is 4.90 Å². The summed E-state index contributed by atoms with van der Waals surface area (Å²) in [6.45, 7) is 7.31. The number of nitrogens with zero attached hydrogens (tertiary/aromatic N) is 1. The second-order valence-corrected chi connectivity index (χ2v) is 8.67. The number of carbonyl (C=O) groups excluding carboxylic acids is 3. The van der Waals surface area contributed by atoms with Gasteiger partial charge in [0.1, 0.15) is 18.1 Å². The number of carbonyl (C=O) groups is 5. The highest BCUT2D eigenvalue weighted by molar-refractivity contribution is 5.94. The van der Waals surface area contributed by atoms with Gasteiger partial charge in [-0.1, -0.05) is 34.1 Å². The zero-order chi connectivity index (χ0) is 24.6. The topological polar surface area (TPSA) is 179 Å². The molecule has 0 bridgehead atoms.